The molecule has 53 heavy (non-hydrogen) atoms. The van der Waals surface area contributed by atoms with Gasteiger partial charge in [-0.1, -0.05) is 6.07 Å². The molecule has 1 unspecified atom stereocenters. The second kappa shape index (κ2) is 13.3. The maximum absolute atomic E-state index is 14.4. The van der Waals surface area contributed by atoms with Crippen molar-refractivity contribution in [2.24, 2.45) is 4.99 Å². The molecule has 0 saturated carbocycles. The van der Waals surface area contributed by atoms with Crippen LogP contribution >= 0.6 is 0 Å². The first kappa shape index (κ1) is 47.3. The van der Waals surface area contributed by atoms with Gasteiger partial charge in [-0.05, 0) is 31.5 Å². The van der Waals surface area contributed by atoms with Gasteiger partial charge in [0, 0.05) is 18.0 Å². The van der Waals surface area contributed by atoms with E-state index in [0.29, 0.717) is 6.07 Å². The number of aliphatic imine (C=N–C) groups is 1. The predicted octanol–water partition coefficient (Wildman–Crippen LogP) is 10.0. The Labute approximate surface area is 275 Å². The molecule has 0 saturated heterocycles. The second-order valence-electron chi connectivity index (χ2n) is 10.7. The zero-order valence-electron chi connectivity index (χ0n) is 24.7. The van der Waals surface area contributed by atoms with Crippen molar-refractivity contribution in [2.45, 2.75) is 97.6 Å². The number of nitrogens with zero attached hydrogens (tertiary/aromatic N) is 1. The highest BCUT2D eigenvalue weighted by Crippen LogP contribution is 2.68. The maximum atomic E-state index is 14.4. The summed E-state index contributed by atoms with van der Waals surface area (Å²) in [5.74, 6) is -101. The third-order valence-corrected chi connectivity index (χ3v) is 6.95. The monoisotopic (exact) mass is 836 g/mol. The first-order valence-corrected chi connectivity index (χ1v) is 12.7. The lowest BCUT2D eigenvalue weighted by atomic mass is 9.84. The SMILES string of the molecule is Cc1ccc(N=C=O)cc1C(=O)NC(C)CC(F)(F)C(F)(F)C(F)(F)C(F)(F)C(F)(F)C(F)(F)C(F)(F)C(F)(F)C(F)(F)C(F)(F)C(F)(F)C(F)(F)F. The Kier molecular flexibility index (Phi) is 11.8. The van der Waals surface area contributed by atoms with E-state index in [9.17, 15) is 119 Å². The molecule has 306 valence electrons. The molecule has 1 aromatic carbocycles. The Hall–Kier alpha value is -3.68. The summed E-state index contributed by atoms with van der Waals surface area (Å²) >= 11 is 0. The van der Waals surface area contributed by atoms with E-state index < -0.39 is 101 Å². The van der Waals surface area contributed by atoms with Crippen LogP contribution in [0.1, 0.15) is 29.3 Å². The minimum Gasteiger partial charge on any atom is -0.349 e. The molecule has 1 aromatic rings. The number of halogens is 25. The summed E-state index contributed by atoms with van der Waals surface area (Å²) in [5, 5.41) is 1.33. The van der Waals surface area contributed by atoms with Gasteiger partial charge in [-0.2, -0.15) is 115 Å². The van der Waals surface area contributed by atoms with Crippen LogP contribution in [0.25, 0.3) is 0 Å². The summed E-state index contributed by atoms with van der Waals surface area (Å²) in [6, 6.07) is -0.0550. The van der Waals surface area contributed by atoms with Crippen molar-refractivity contribution in [2.75, 3.05) is 0 Å². The highest BCUT2D eigenvalue weighted by Gasteiger charge is 2.99. The summed E-state index contributed by atoms with van der Waals surface area (Å²) < 4.78 is 341. The number of aryl methyl sites for hydroxylation is 1. The molecule has 0 aliphatic carbocycles. The van der Waals surface area contributed by atoms with Gasteiger partial charge in [-0.25, -0.2) is 4.79 Å². The number of isocyanates is 1. The van der Waals surface area contributed by atoms with Gasteiger partial charge >= 0.3 is 71.3 Å². The van der Waals surface area contributed by atoms with Gasteiger partial charge in [0.15, 0.2) is 0 Å². The van der Waals surface area contributed by atoms with Crippen LogP contribution in [0.5, 0.6) is 0 Å². The van der Waals surface area contributed by atoms with Crippen molar-refractivity contribution in [1.82, 2.24) is 5.32 Å². The number of amides is 1. The van der Waals surface area contributed by atoms with E-state index in [-0.39, 0.29) is 12.5 Å². The lowest BCUT2D eigenvalue weighted by Crippen LogP contribution is -2.78. The molecule has 0 aliphatic heterocycles. The van der Waals surface area contributed by atoms with Crippen LogP contribution in [0.3, 0.4) is 0 Å². The summed E-state index contributed by atoms with van der Waals surface area (Å²) in [5.41, 5.74) is -1.23. The first-order valence-electron chi connectivity index (χ1n) is 12.7. The van der Waals surface area contributed by atoms with E-state index in [4.69, 9.17) is 0 Å². The number of alkyl halides is 25. The van der Waals surface area contributed by atoms with Crippen LogP contribution in [0.4, 0.5) is 115 Å². The van der Waals surface area contributed by atoms with E-state index in [2.05, 4.69) is 4.99 Å². The van der Waals surface area contributed by atoms with Crippen LogP contribution in [0, 0.1) is 6.92 Å². The average molecular weight is 836 g/mol. The van der Waals surface area contributed by atoms with Crippen LogP contribution in [0.15, 0.2) is 23.2 Å². The smallest absolute Gasteiger partial charge is 0.349 e. The summed E-state index contributed by atoms with van der Waals surface area (Å²) in [6.45, 7) is 1.23. The van der Waals surface area contributed by atoms with Crippen molar-refractivity contribution in [3.05, 3.63) is 29.3 Å². The van der Waals surface area contributed by atoms with Crippen LogP contribution in [-0.4, -0.2) is 89.4 Å². The van der Waals surface area contributed by atoms with Crippen molar-refractivity contribution in [1.29, 1.82) is 0 Å². The lowest BCUT2D eigenvalue weighted by Gasteiger charge is -2.45. The van der Waals surface area contributed by atoms with Crippen molar-refractivity contribution >= 4 is 17.7 Å². The lowest BCUT2D eigenvalue weighted by molar-refractivity contribution is -0.482. The quantitative estimate of drug-likeness (QED) is 0.109. The molecule has 1 rings (SSSR count). The largest absolute Gasteiger partial charge is 0.460 e. The Morgan fingerprint density at radius 2 is 0.906 bits per heavy atom. The molecule has 0 aliphatic rings. The molecule has 1 amide bonds. The molecule has 0 heterocycles. The maximum Gasteiger partial charge on any atom is 0.460 e. The second-order valence-corrected chi connectivity index (χ2v) is 10.7. The molecule has 29 heteroatoms. The fraction of sp³-hybridized carbons (Fsp3) is 0.667. The fourth-order valence-electron chi connectivity index (χ4n) is 3.83. The molecule has 1 atom stereocenters. The summed E-state index contributed by atoms with van der Waals surface area (Å²) in [6.07, 6.45) is -10.4. The van der Waals surface area contributed by atoms with Crippen molar-refractivity contribution in [3.8, 4) is 0 Å². The first-order chi connectivity index (χ1) is 23.0. The number of carbonyl (C=O) groups is 1. The standard InChI is InChI=1S/C24H13F25N2O2/c1-8-3-4-10(50-7-52)5-11(8)12(53)51-9(2)6-13(25,26)14(27,28)15(29,30)16(31,32)17(33,34)18(35,36)19(37,38)20(39,40)21(41,42)22(43,44)23(45,46)24(47,48)49/h3-5,9H,6H2,1-2H3,(H,51,53). The van der Waals surface area contributed by atoms with Gasteiger partial charge in [0.1, 0.15) is 0 Å². The van der Waals surface area contributed by atoms with Gasteiger partial charge in [0.25, 0.3) is 5.91 Å². The molecule has 0 fully saturated rings. The minimum atomic E-state index is -9.67. The number of nitrogens with one attached hydrogen (secondary N) is 1. The molecule has 0 radical (unpaired) electrons. The zero-order valence-corrected chi connectivity index (χ0v) is 24.7. The number of carbonyl (C=O) groups excluding carboxylic acids is 2. The number of hydrogen-bond donors (Lipinski definition) is 1. The van der Waals surface area contributed by atoms with E-state index in [1.165, 1.54) is 5.32 Å². The van der Waals surface area contributed by atoms with Crippen LogP contribution in [-0.2, 0) is 4.79 Å². The van der Waals surface area contributed by atoms with E-state index in [0.717, 1.165) is 25.1 Å². The van der Waals surface area contributed by atoms with Gasteiger partial charge in [0.2, 0.25) is 6.08 Å². The van der Waals surface area contributed by atoms with Gasteiger partial charge < -0.3 is 5.32 Å². The third-order valence-electron chi connectivity index (χ3n) is 6.95. The Bertz CT molecular complexity index is 1570. The van der Waals surface area contributed by atoms with Crippen molar-refractivity contribution < 1.29 is 119 Å². The topological polar surface area (TPSA) is 58.5 Å². The zero-order chi connectivity index (χ0) is 42.8. The fourth-order valence-corrected chi connectivity index (χ4v) is 3.83. The molecular weight excluding hydrogens is 823 g/mol. The molecule has 0 aromatic heterocycles. The molecular formula is C24H13F25N2O2. The van der Waals surface area contributed by atoms with E-state index >= 15 is 0 Å². The summed E-state index contributed by atoms with van der Waals surface area (Å²) in [7, 11) is 0. The van der Waals surface area contributed by atoms with Crippen molar-refractivity contribution in [3.63, 3.8) is 0 Å². The normalized spacial score (nSPS) is 15.9. The molecule has 0 bridgehead atoms. The molecule has 0 spiro atoms. The number of hydrogen-bond acceptors (Lipinski definition) is 3. The predicted molar refractivity (Wildman–Crippen MR) is 121 cm³/mol. The third kappa shape index (κ3) is 6.71. The van der Waals surface area contributed by atoms with Crippen LogP contribution < -0.4 is 5.32 Å². The van der Waals surface area contributed by atoms with Gasteiger partial charge in [-0.3, -0.25) is 4.79 Å². The molecule has 1 N–H and O–H groups in total. The Morgan fingerprint density at radius 3 is 1.23 bits per heavy atom. The number of rotatable bonds is 15. The van der Waals surface area contributed by atoms with Gasteiger partial charge in [-0.15, -0.1) is 0 Å². The molecule has 4 nitrogen and oxygen atoms in total. The Morgan fingerprint density at radius 1 is 0.585 bits per heavy atom. The highest BCUT2D eigenvalue weighted by molar-refractivity contribution is 5.96. The van der Waals surface area contributed by atoms with E-state index in [1.54, 1.807) is 0 Å². The van der Waals surface area contributed by atoms with Gasteiger partial charge in [0.05, 0.1) is 5.69 Å². The average Bonchev–Trinajstić information content (AvgIpc) is 2.96. The number of benzene rings is 1. The Balaban J connectivity index is 3.69. The minimum absolute atomic E-state index is 0.149. The highest BCUT2D eigenvalue weighted by atomic mass is 19.4. The summed E-state index contributed by atoms with van der Waals surface area (Å²) in [4.78, 5) is 25.7. The van der Waals surface area contributed by atoms with E-state index in [1.807, 2.05) is 0 Å². The van der Waals surface area contributed by atoms with Crippen LogP contribution in [0.2, 0.25) is 0 Å².